The predicted octanol–water partition coefficient (Wildman–Crippen LogP) is 0.694. The Hall–Kier alpha value is -2.90. The summed E-state index contributed by atoms with van der Waals surface area (Å²) >= 11 is 0. The molecule has 118 valence electrons. The summed E-state index contributed by atoms with van der Waals surface area (Å²) in [7, 11) is 0. The van der Waals surface area contributed by atoms with E-state index < -0.39 is 31.2 Å². The molecular formula is C14H15NO7. The van der Waals surface area contributed by atoms with Gasteiger partial charge in [0.15, 0.2) is 13.2 Å². The van der Waals surface area contributed by atoms with Crippen LogP contribution in [0, 0.1) is 0 Å². The fourth-order valence-electron chi connectivity index (χ4n) is 1.29. The topological polar surface area (TPSA) is 108 Å². The summed E-state index contributed by atoms with van der Waals surface area (Å²) in [5, 5.41) is 1.87. The number of carbonyl (C=O) groups excluding carboxylic acids is 4. The van der Waals surface area contributed by atoms with Crippen LogP contribution in [0.2, 0.25) is 0 Å². The lowest BCUT2D eigenvalue weighted by Gasteiger charge is -2.07. The molecule has 8 heteroatoms. The summed E-state index contributed by atoms with van der Waals surface area (Å²) in [5.74, 6) is -1.21. The Morgan fingerprint density at radius 2 is 1.77 bits per heavy atom. The first-order valence-corrected chi connectivity index (χ1v) is 6.35. The van der Waals surface area contributed by atoms with Crippen LogP contribution < -0.4 is 10.1 Å². The van der Waals surface area contributed by atoms with Gasteiger partial charge in [0.25, 0.3) is 5.91 Å². The zero-order valence-electron chi connectivity index (χ0n) is 11.9. The number of carbonyl (C=O) groups is 4. The fourth-order valence-corrected chi connectivity index (χ4v) is 1.29. The lowest BCUT2D eigenvalue weighted by Crippen LogP contribution is -2.35. The van der Waals surface area contributed by atoms with Gasteiger partial charge in [-0.3, -0.25) is 14.9 Å². The average molecular weight is 309 g/mol. The molecule has 0 aromatic heterocycles. The predicted molar refractivity (Wildman–Crippen MR) is 73.4 cm³/mol. The van der Waals surface area contributed by atoms with E-state index >= 15 is 0 Å². The number of nitrogens with one attached hydrogen (secondary N) is 1. The number of alkyl carbamates (subject to hydrolysis) is 1. The van der Waals surface area contributed by atoms with E-state index in [1.807, 2.05) is 5.32 Å². The quantitative estimate of drug-likeness (QED) is 0.583. The van der Waals surface area contributed by atoms with Crippen molar-refractivity contribution in [2.45, 2.75) is 6.92 Å². The van der Waals surface area contributed by atoms with E-state index in [2.05, 4.69) is 9.47 Å². The Morgan fingerprint density at radius 1 is 1.09 bits per heavy atom. The Kier molecular flexibility index (Phi) is 7.10. The van der Waals surface area contributed by atoms with Crippen molar-refractivity contribution in [3.8, 4) is 5.75 Å². The number of benzene rings is 1. The third-order valence-electron chi connectivity index (χ3n) is 2.25. The lowest BCUT2D eigenvalue weighted by molar-refractivity contribution is -0.150. The molecule has 1 aromatic rings. The van der Waals surface area contributed by atoms with E-state index in [4.69, 9.17) is 4.74 Å². The van der Waals surface area contributed by atoms with Crippen molar-refractivity contribution in [3.63, 3.8) is 0 Å². The highest BCUT2D eigenvalue weighted by Gasteiger charge is 2.11. The molecule has 1 aromatic carbocycles. The summed E-state index contributed by atoms with van der Waals surface area (Å²) in [5.41, 5.74) is 0.477. The van der Waals surface area contributed by atoms with Gasteiger partial charge in [-0.15, -0.1) is 0 Å². The van der Waals surface area contributed by atoms with Crippen LogP contribution in [0.25, 0.3) is 0 Å². The summed E-state index contributed by atoms with van der Waals surface area (Å²) in [4.78, 5) is 44.0. The molecule has 0 unspecified atom stereocenters. The zero-order chi connectivity index (χ0) is 16.4. The van der Waals surface area contributed by atoms with Crippen LogP contribution in [0.4, 0.5) is 4.79 Å². The molecule has 8 nitrogen and oxygen atoms in total. The zero-order valence-corrected chi connectivity index (χ0v) is 11.9. The molecule has 1 N–H and O–H groups in total. The smallest absolute Gasteiger partial charge is 0.413 e. The molecule has 1 rings (SSSR count). The van der Waals surface area contributed by atoms with E-state index in [0.717, 1.165) is 0 Å². The average Bonchev–Trinajstić information content (AvgIpc) is 2.51. The second-order valence-corrected chi connectivity index (χ2v) is 3.90. The Morgan fingerprint density at radius 3 is 2.36 bits per heavy atom. The number of amides is 2. The third kappa shape index (κ3) is 6.51. The highest BCUT2D eigenvalue weighted by atomic mass is 16.6. The first kappa shape index (κ1) is 17.2. The van der Waals surface area contributed by atoms with Gasteiger partial charge in [0.2, 0.25) is 0 Å². The molecule has 0 radical (unpaired) electrons. The summed E-state index contributed by atoms with van der Waals surface area (Å²) in [6, 6.07) is 6.09. The van der Waals surface area contributed by atoms with Crippen LogP contribution in [-0.2, 0) is 19.1 Å². The van der Waals surface area contributed by atoms with E-state index in [-0.39, 0.29) is 6.61 Å². The number of imide groups is 1. The van der Waals surface area contributed by atoms with E-state index in [1.165, 1.54) is 24.3 Å². The Bertz CT molecular complexity index is 539. The van der Waals surface area contributed by atoms with Gasteiger partial charge in [-0.1, -0.05) is 0 Å². The normalized spacial score (nSPS) is 9.50. The number of aldehydes is 1. The van der Waals surface area contributed by atoms with Crippen LogP contribution in [0.15, 0.2) is 24.3 Å². The minimum Gasteiger partial charge on any atom is -0.482 e. The van der Waals surface area contributed by atoms with Crippen LogP contribution in [0.5, 0.6) is 5.75 Å². The van der Waals surface area contributed by atoms with Crippen molar-refractivity contribution < 1.29 is 33.4 Å². The first-order valence-electron chi connectivity index (χ1n) is 6.35. The van der Waals surface area contributed by atoms with E-state index in [9.17, 15) is 19.2 Å². The molecule has 0 spiro atoms. The third-order valence-corrected chi connectivity index (χ3v) is 2.25. The molecule has 0 saturated carbocycles. The van der Waals surface area contributed by atoms with Crippen LogP contribution in [0.3, 0.4) is 0 Å². The number of hydrogen-bond acceptors (Lipinski definition) is 7. The standard InChI is InChI=1S/C14H15NO7/c1-2-20-14(19)15-12(17)8-22-13(18)9-21-11-5-3-10(7-16)4-6-11/h3-7H,2,8-9H2,1H3,(H,15,17,19). The summed E-state index contributed by atoms with van der Waals surface area (Å²) in [6.07, 6.45) is -0.227. The number of hydrogen-bond donors (Lipinski definition) is 1. The van der Waals surface area contributed by atoms with Gasteiger partial charge in [-0.25, -0.2) is 9.59 Å². The molecule has 22 heavy (non-hydrogen) atoms. The van der Waals surface area contributed by atoms with Crippen molar-refractivity contribution in [1.82, 2.24) is 5.32 Å². The van der Waals surface area contributed by atoms with Gasteiger partial charge in [0, 0.05) is 5.56 Å². The molecule has 0 aliphatic carbocycles. The number of ether oxygens (including phenoxy) is 3. The molecule has 0 atom stereocenters. The van der Waals surface area contributed by atoms with Gasteiger partial charge < -0.3 is 14.2 Å². The van der Waals surface area contributed by atoms with Crippen molar-refractivity contribution in [3.05, 3.63) is 29.8 Å². The first-order chi connectivity index (χ1) is 10.5. The number of esters is 1. The maximum atomic E-state index is 11.4. The van der Waals surface area contributed by atoms with Crippen molar-refractivity contribution in [2.24, 2.45) is 0 Å². The minimum absolute atomic E-state index is 0.121. The van der Waals surface area contributed by atoms with Gasteiger partial charge in [0.1, 0.15) is 12.0 Å². The molecule has 0 saturated heterocycles. The van der Waals surface area contributed by atoms with Gasteiger partial charge >= 0.3 is 12.1 Å². The summed E-state index contributed by atoms with van der Waals surface area (Å²) in [6.45, 7) is 0.677. The molecule has 0 aliphatic heterocycles. The molecule has 0 fully saturated rings. The largest absolute Gasteiger partial charge is 0.482 e. The maximum Gasteiger partial charge on any atom is 0.413 e. The molecule has 0 heterocycles. The fraction of sp³-hybridized carbons (Fsp3) is 0.286. The second-order valence-electron chi connectivity index (χ2n) is 3.90. The SMILES string of the molecule is CCOC(=O)NC(=O)COC(=O)COc1ccc(C=O)cc1. The van der Waals surface area contributed by atoms with Crippen LogP contribution >= 0.6 is 0 Å². The molecule has 0 bridgehead atoms. The molecule has 0 aliphatic rings. The Balaban J connectivity index is 2.26. The maximum absolute atomic E-state index is 11.4. The minimum atomic E-state index is -0.907. The van der Waals surface area contributed by atoms with Gasteiger partial charge in [-0.2, -0.15) is 0 Å². The van der Waals surface area contributed by atoms with Crippen molar-refractivity contribution >= 4 is 24.3 Å². The van der Waals surface area contributed by atoms with E-state index in [1.54, 1.807) is 6.92 Å². The highest BCUT2D eigenvalue weighted by molar-refractivity contribution is 5.93. The second kappa shape index (κ2) is 9.11. The van der Waals surface area contributed by atoms with Gasteiger partial charge in [0.05, 0.1) is 6.61 Å². The van der Waals surface area contributed by atoms with E-state index in [0.29, 0.717) is 17.6 Å². The molecular weight excluding hydrogens is 294 g/mol. The molecule has 2 amide bonds. The van der Waals surface area contributed by atoms with Crippen molar-refractivity contribution in [1.29, 1.82) is 0 Å². The Labute approximate surface area is 126 Å². The highest BCUT2D eigenvalue weighted by Crippen LogP contribution is 2.10. The van der Waals surface area contributed by atoms with Crippen LogP contribution in [0.1, 0.15) is 17.3 Å². The monoisotopic (exact) mass is 309 g/mol. The summed E-state index contributed by atoms with van der Waals surface area (Å²) < 4.78 is 14.2. The van der Waals surface area contributed by atoms with Crippen molar-refractivity contribution in [2.75, 3.05) is 19.8 Å². The lowest BCUT2D eigenvalue weighted by atomic mass is 10.2. The number of rotatable bonds is 7. The van der Waals surface area contributed by atoms with Crippen LogP contribution in [-0.4, -0.2) is 44.1 Å². The van der Waals surface area contributed by atoms with Gasteiger partial charge in [-0.05, 0) is 31.2 Å².